The van der Waals surface area contributed by atoms with Gasteiger partial charge in [0.05, 0.1) is 24.3 Å². The maximum absolute atomic E-state index is 11.0. The summed E-state index contributed by atoms with van der Waals surface area (Å²) in [6.45, 7) is 6.97. The molecule has 0 aliphatic rings. The summed E-state index contributed by atoms with van der Waals surface area (Å²) in [5.74, 6) is 0.0402. The van der Waals surface area contributed by atoms with Crippen molar-refractivity contribution in [1.29, 1.82) is 0 Å². The zero-order valence-corrected chi connectivity index (χ0v) is 17.5. The number of nitrogens with two attached hydrogens (primary N) is 2. The second kappa shape index (κ2) is 14.8. The van der Waals surface area contributed by atoms with E-state index >= 15 is 0 Å². The Bertz CT molecular complexity index is 716. The standard InChI is InChI=1S/2C11H15NO3/c2*1-2-14-7-8-15-10-6-4-3-5-9(10)11(12)13/h2*3-6H,2,7-8H2,1H3,(H2,12,13). The van der Waals surface area contributed by atoms with Crippen LogP contribution in [0.1, 0.15) is 34.6 Å². The lowest BCUT2D eigenvalue weighted by atomic mass is 10.2. The Kier molecular flexibility index (Phi) is 12.3. The average Bonchev–Trinajstić information content (AvgIpc) is 2.75. The second-order valence-electron chi connectivity index (χ2n) is 5.81. The van der Waals surface area contributed by atoms with Crippen molar-refractivity contribution in [1.82, 2.24) is 0 Å². The number of para-hydroxylation sites is 2. The predicted octanol–water partition coefficient (Wildman–Crippen LogP) is 2.40. The second-order valence-corrected chi connectivity index (χ2v) is 5.81. The number of benzene rings is 2. The van der Waals surface area contributed by atoms with Gasteiger partial charge in [0.1, 0.15) is 24.7 Å². The molecule has 8 nitrogen and oxygen atoms in total. The number of carbonyl (C=O) groups excluding carboxylic acids is 2. The van der Waals surface area contributed by atoms with Crippen LogP contribution in [0.15, 0.2) is 48.5 Å². The number of primary amides is 2. The fourth-order valence-electron chi connectivity index (χ4n) is 2.30. The SMILES string of the molecule is CCOCCOc1ccccc1C(N)=O.CCOCCOc1ccccc1C(N)=O. The molecule has 2 aromatic carbocycles. The Balaban J connectivity index is 0.000000300. The van der Waals surface area contributed by atoms with Crippen molar-refractivity contribution < 1.29 is 28.5 Å². The molecule has 30 heavy (non-hydrogen) atoms. The van der Waals surface area contributed by atoms with Crippen LogP contribution in [-0.4, -0.2) is 51.5 Å². The fraction of sp³-hybridized carbons (Fsp3) is 0.364. The highest BCUT2D eigenvalue weighted by molar-refractivity contribution is 5.96. The highest BCUT2D eigenvalue weighted by Crippen LogP contribution is 2.17. The van der Waals surface area contributed by atoms with E-state index in [0.29, 0.717) is 62.3 Å². The van der Waals surface area contributed by atoms with Crippen LogP contribution >= 0.6 is 0 Å². The molecule has 164 valence electrons. The number of rotatable bonds is 12. The van der Waals surface area contributed by atoms with E-state index in [1.807, 2.05) is 13.8 Å². The van der Waals surface area contributed by atoms with Gasteiger partial charge in [-0.3, -0.25) is 9.59 Å². The Hall–Kier alpha value is -3.10. The summed E-state index contributed by atoms with van der Waals surface area (Å²) in [5.41, 5.74) is 11.2. The lowest BCUT2D eigenvalue weighted by Crippen LogP contribution is -2.14. The van der Waals surface area contributed by atoms with Gasteiger partial charge in [0.2, 0.25) is 0 Å². The number of hydrogen-bond donors (Lipinski definition) is 2. The molecule has 0 heterocycles. The topological polar surface area (TPSA) is 123 Å². The molecule has 4 N–H and O–H groups in total. The van der Waals surface area contributed by atoms with Gasteiger partial charge in [-0.25, -0.2) is 0 Å². The van der Waals surface area contributed by atoms with Crippen molar-refractivity contribution in [2.24, 2.45) is 11.5 Å². The summed E-state index contributed by atoms with van der Waals surface area (Å²) >= 11 is 0. The quantitative estimate of drug-likeness (QED) is 0.510. The van der Waals surface area contributed by atoms with E-state index in [2.05, 4.69) is 0 Å². The maximum atomic E-state index is 11.0. The van der Waals surface area contributed by atoms with Gasteiger partial charge in [-0.05, 0) is 38.1 Å². The lowest BCUT2D eigenvalue weighted by molar-refractivity contribution is 0.0972. The van der Waals surface area contributed by atoms with Crippen molar-refractivity contribution in [2.45, 2.75) is 13.8 Å². The molecule has 2 rings (SSSR count). The third-order valence-corrected chi connectivity index (χ3v) is 3.68. The first kappa shape index (κ1) is 24.9. The van der Waals surface area contributed by atoms with Gasteiger partial charge in [0.25, 0.3) is 11.8 Å². The summed E-state index contributed by atoms with van der Waals surface area (Å²) in [5, 5.41) is 0. The molecular weight excluding hydrogens is 388 g/mol. The summed E-state index contributed by atoms with van der Waals surface area (Å²) in [7, 11) is 0. The van der Waals surface area contributed by atoms with Crippen molar-refractivity contribution >= 4 is 11.8 Å². The molecule has 0 atom stereocenters. The number of amides is 2. The molecule has 0 unspecified atom stereocenters. The minimum absolute atomic E-state index is 0.397. The first-order valence-corrected chi connectivity index (χ1v) is 9.69. The molecule has 0 spiro atoms. The number of ether oxygens (including phenoxy) is 4. The van der Waals surface area contributed by atoms with Crippen molar-refractivity contribution in [3.05, 3.63) is 59.7 Å². The zero-order valence-electron chi connectivity index (χ0n) is 17.5. The smallest absolute Gasteiger partial charge is 0.252 e. The van der Waals surface area contributed by atoms with Crippen LogP contribution in [0.4, 0.5) is 0 Å². The lowest BCUT2D eigenvalue weighted by Gasteiger charge is -2.08. The summed E-state index contributed by atoms with van der Waals surface area (Å²) in [4.78, 5) is 22.0. The molecule has 0 saturated carbocycles. The molecular formula is C22H30N2O6. The van der Waals surface area contributed by atoms with Gasteiger partial charge in [-0.15, -0.1) is 0 Å². The van der Waals surface area contributed by atoms with Gasteiger partial charge in [-0.1, -0.05) is 24.3 Å². The molecule has 0 aromatic heterocycles. The Morgan fingerprint density at radius 3 is 1.37 bits per heavy atom. The maximum Gasteiger partial charge on any atom is 0.252 e. The fourth-order valence-corrected chi connectivity index (χ4v) is 2.30. The molecule has 0 saturated heterocycles. The number of carbonyl (C=O) groups is 2. The minimum Gasteiger partial charge on any atom is -0.490 e. The molecule has 0 aliphatic carbocycles. The van der Waals surface area contributed by atoms with Crippen LogP contribution in [0.5, 0.6) is 11.5 Å². The van der Waals surface area contributed by atoms with E-state index in [0.717, 1.165) is 0 Å². The van der Waals surface area contributed by atoms with E-state index in [-0.39, 0.29) is 0 Å². The van der Waals surface area contributed by atoms with Crippen LogP contribution in [0, 0.1) is 0 Å². The average molecular weight is 418 g/mol. The molecule has 2 amide bonds. The number of hydrogen-bond acceptors (Lipinski definition) is 6. The molecule has 0 aliphatic heterocycles. The monoisotopic (exact) mass is 418 g/mol. The molecule has 8 heteroatoms. The Morgan fingerprint density at radius 1 is 0.667 bits per heavy atom. The predicted molar refractivity (Wildman–Crippen MR) is 114 cm³/mol. The van der Waals surface area contributed by atoms with E-state index in [4.69, 9.17) is 30.4 Å². The molecule has 0 fully saturated rings. The van der Waals surface area contributed by atoms with Crippen LogP contribution in [0.2, 0.25) is 0 Å². The van der Waals surface area contributed by atoms with Gasteiger partial charge in [0.15, 0.2) is 0 Å². The van der Waals surface area contributed by atoms with E-state index in [1.165, 1.54) is 0 Å². The third-order valence-electron chi connectivity index (χ3n) is 3.68. The highest BCUT2D eigenvalue weighted by atomic mass is 16.5. The van der Waals surface area contributed by atoms with Crippen molar-refractivity contribution in [3.63, 3.8) is 0 Å². The first-order valence-electron chi connectivity index (χ1n) is 9.69. The van der Waals surface area contributed by atoms with E-state index < -0.39 is 11.8 Å². The summed E-state index contributed by atoms with van der Waals surface area (Å²) in [6, 6.07) is 13.8. The van der Waals surface area contributed by atoms with Crippen LogP contribution in [0.3, 0.4) is 0 Å². The van der Waals surface area contributed by atoms with E-state index in [9.17, 15) is 9.59 Å². The van der Waals surface area contributed by atoms with Gasteiger partial charge < -0.3 is 30.4 Å². The normalized spacial score (nSPS) is 9.93. The Labute approximate surface area is 177 Å². The molecule has 0 bridgehead atoms. The third kappa shape index (κ3) is 9.40. The van der Waals surface area contributed by atoms with E-state index in [1.54, 1.807) is 48.5 Å². The van der Waals surface area contributed by atoms with Gasteiger partial charge in [0, 0.05) is 13.2 Å². The largest absolute Gasteiger partial charge is 0.490 e. The Morgan fingerprint density at radius 2 is 1.03 bits per heavy atom. The molecule has 0 radical (unpaired) electrons. The van der Waals surface area contributed by atoms with Gasteiger partial charge >= 0.3 is 0 Å². The summed E-state index contributed by atoms with van der Waals surface area (Å²) < 4.78 is 21.0. The van der Waals surface area contributed by atoms with Crippen LogP contribution in [-0.2, 0) is 9.47 Å². The first-order chi connectivity index (χ1) is 14.5. The minimum atomic E-state index is -0.484. The highest BCUT2D eigenvalue weighted by Gasteiger charge is 2.08. The van der Waals surface area contributed by atoms with Crippen molar-refractivity contribution in [2.75, 3.05) is 39.6 Å². The summed E-state index contributed by atoms with van der Waals surface area (Å²) in [6.07, 6.45) is 0. The molecule has 2 aromatic rings. The van der Waals surface area contributed by atoms with Gasteiger partial charge in [-0.2, -0.15) is 0 Å². The van der Waals surface area contributed by atoms with Crippen molar-refractivity contribution in [3.8, 4) is 11.5 Å². The van der Waals surface area contributed by atoms with Crippen LogP contribution < -0.4 is 20.9 Å². The zero-order chi connectivity index (χ0) is 22.2. The van der Waals surface area contributed by atoms with Crippen LogP contribution in [0.25, 0.3) is 0 Å².